The van der Waals surface area contributed by atoms with E-state index in [0.717, 1.165) is 43.2 Å². The fourth-order valence-corrected chi connectivity index (χ4v) is 2.70. The van der Waals surface area contributed by atoms with Gasteiger partial charge in [-0.05, 0) is 23.1 Å². The molecule has 1 aromatic carbocycles. The standard InChI is InChI=1S/C16H23N3O/c1-11-18-13-9-12(16(2,3)4)10-14(15(13)20-11)19-7-5-17-6-8-19/h9-10,17H,5-8H2,1-4H3. The van der Waals surface area contributed by atoms with E-state index < -0.39 is 0 Å². The molecule has 3 rings (SSSR count). The molecule has 1 saturated heterocycles. The summed E-state index contributed by atoms with van der Waals surface area (Å²) < 4.78 is 5.85. The summed E-state index contributed by atoms with van der Waals surface area (Å²) in [6.45, 7) is 12.7. The molecule has 1 aliphatic heterocycles. The summed E-state index contributed by atoms with van der Waals surface area (Å²) in [6.07, 6.45) is 0. The van der Waals surface area contributed by atoms with E-state index in [4.69, 9.17) is 4.42 Å². The number of rotatable bonds is 1. The third-order valence-corrected chi connectivity index (χ3v) is 3.90. The largest absolute Gasteiger partial charge is 0.439 e. The highest BCUT2D eigenvalue weighted by atomic mass is 16.3. The summed E-state index contributed by atoms with van der Waals surface area (Å²) in [5.74, 6) is 0.738. The van der Waals surface area contributed by atoms with Crippen molar-refractivity contribution in [1.29, 1.82) is 0 Å². The smallest absolute Gasteiger partial charge is 0.192 e. The summed E-state index contributed by atoms with van der Waals surface area (Å²) in [7, 11) is 0. The highest BCUT2D eigenvalue weighted by molar-refractivity contribution is 5.88. The van der Waals surface area contributed by atoms with Crippen LogP contribution in [0.1, 0.15) is 32.2 Å². The van der Waals surface area contributed by atoms with Crippen molar-refractivity contribution in [2.45, 2.75) is 33.1 Å². The highest BCUT2D eigenvalue weighted by Crippen LogP contribution is 2.34. The number of anilines is 1. The predicted molar refractivity (Wildman–Crippen MR) is 82.5 cm³/mol. The molecule has 0 radical (unpaired) electrons. The Kier molecular flexibility index (Phi) is 3.21. The highest BCUT2D eigenvalue weighted by Gasteiger charge is 2.22. The fraction of sp³-hybridized carbons (Fsp3) is 0.562. The number of nitrogens with zero attached hydrogens (tertiary/aromatic N) is 2. The maximum absolute atomic E-state index is 5.85. The Bertz CT molecular complexity index is 618. The lowest BCUT2D eigenvalue weighted by atomic mass is 9.86. The minimum Gasteiger partial charge on any atom is -0.439 e. The van der Waals surface area contributed by atoms with Crippen LogP contribution in [0.2, 0.25) is 0 Å². The van der Waals surface area contributed by atoms with Gasteiger partial charge in [-0.3, -0.25) is 0 Å². The zero-order valence-corrected chi connectivity index (χ0v) is 12.8. The monoisotopic (exact) mass is 273 g/mol. The molecule has 0 bridgehead atoms. The van der Waals surface area contributed by atoms with Crippen LogP contribution in [0, 0.1) is 6.92 Å². The van der Waals surface area contributed by atoms with Crippen LogP contribution < -0.4 is 10.2 Å². The molecule has 4 nitrogen and oxygen atoms in total. The first-order chi connectivity index (χ1) is 9.45. The molecule has 0 unspecified atom stereocenters. The van der Waals surface area contributed by atoms with Crippen molar-refractivity contribution in [1.82, 2.24) is 10.3 Å². The van der Waals surface area contributed by atoms with Crippen LogP contribution in [-0.2, 0) is 5.41 Å². The van der Waals surface area contributed by atoms with E-state index in [1.807, 2.05) is 6.92 Å². The third-order valence-electron chi connectivity index (χ3n) is 3.90. The molecule has 2 heterocycles. The van der Waals surface area contributed by atoms with Gasteiger partial charge in [-0.25, -0.2) is 4.98 Å². The minimum absolute atomic E-state index is 0.115. The first-order valence-electron chi connectivity index (χ1n) is 7.32. The maximum Gasteiger partial charge on any atom is 0.192 e. The van der Waals surface area contributed by atoms with Crippen LogP contribution in [0.15, 0.2) is 16.5 Å². The Morgan fingerprint density at radius 1 is 1.20 bits per heavy atom. The first-order valence-corrected chi connectivity index (χ1v) is 7.32. The van der Waals surface area contributed by atoms with Crippen LogP contribution in [-0.4, -0.2) is 31.2 Å². The summed E-state index contributed by atoms with van der Waals surface area (Å²) in [4.78, 5) is 6.94. The normalized spacial score (nSPS) is 16.9. The molecule has 20 heavy (non-hydrogen) atoms. The lowest BCUT2D eigenvalue weighted by molar-refractivity contribution is 0.551. The van der Waals surface area contributed by atoms with Crippen molar-refractivity contribution in [2.24, 2.45) is 0 Å². The van der Waals surface area contributed by atoms with Crippen molar-refractivity contribution in [3.8, 4) is 0 Å². The van der Waals surface area contributed by atoms with Crippen molar-refractivity contribution >= 4 is 16.8 Å². The molecule has 0 spiro atoms. The van der Waals surface area contributed by atoms with E-state index in [2.05, 4.69) is 48.1 Å². The number of aromatic nitrogens is 1. The molecule has 4 heteroatoms. The van der Waals surface area contributed by atoms with E-state index in [0.29, 0.717) is 0 Å². The summed E-state index contributed by atoms with van der Waals surface area (Å²) in [5, 5.41) is 3.39. The lowest BCUT2D eigenvalue weighted by Gasteiger charge is -2.30. The van der Waals surface area contributed by atoms with E-state index in [1.165, 1.54) is 11.3 Å². The van der Waals surface area contributed by atoms with Gasteiger partial charge in [0.15, 0.2) is 11.5 Å². The van der Waals surface area contributed by atoms with Gasteiger partial charge in [0, 0.05) is 33.1 Å². The number of piperazine rings is 1. The number of benzene rings is 1. The van der Waals surface area contributed by atoms with Crippen molar-refractivity contribution in [3.63, 3.8) is 0 Å². The van der Waals surface area contributed by atoms with Crippen LogP contribution >= 0.6 is 0 Å². The molecule has 2 aromatic rings. The van der Waals surface area contributed by atoms with Crippen molar-refractivity contribution < 1.29 is 4.42 Å². The number of fused-ring (bicyclic) bond motifs is 1. The molecule has 0 saturated carbocycles. The average Bonchev–Trinajstić information content (AvgIpc) is 2.77. The molecular weight excluding hydrogens is 250 g/mol. The van der Waals surface area contributed by atoms with Gasteiger partial charge in [-0.15, -0.1) is 0 Å². The number of hydrogen-bond acceptors (Lipinski definition) is 4. The maximum atomic E-state index is 5.85. The van der Waals surface area contributed by atoms with E-state index >= 15 is 0 Å². The minimum atomic E-state index is 0.115. The molecule has 1 fully saturated rings. The Morgan fingerprint density at radius 2 is 1.90 bits per heavy atom. The third kappa shape index (κ3) is 2.40. The van der Waals surface area contributed by atoms with Gasteiger partial charge in [0.1, 0.15) is 5.52 Å². The first kappa shape index (κ1) is 13.4. The van der Waals surface area contributed by atoms with E-state index in [9.17, 15) is 0 Å². The summed E-state index contributed by atoms with van der Waals surface area (Å²) in [6, 6.07) is 4.44. The zero-order valence-electron chi connectivity index (χ0n) is 12.8. The second kappa shape index (κ2) is 4.77. The molecule has 108 valence electrons. The van der Waals surface area contributed by atoms with Gasteiger partial charge in [-0.1, -0.05) is 20.8 Å². The molecule has 1 aromatic heterocycles. The van der Waals surface area contributed by atoms with Crippen molar-refractivity contribution in [3.05, 3.63) is 23.6 Å². The molecule has 0 amide bonds. The Hall–Kier alpha value is -1.55. The number of nitrogens with one attached hydrogen (secondary N) is 1. The van der Waals surface area contributed by atoms with Gasteiger partial charge in [0.2, 0.25) is 0 Å². The fourth-order valence-electron chi connectivity index (χ4n) is 2.70. The average molecular weight is 273 g/mol. The molecule has 0 aliphatic carbocycles. The SMILES string of the molecule is Cc1nc2cc(C(C)(C)C)cc(N3CCNCC3)c2o1. The summed E-state index contributed by atoms with van der Waals surface area (Å²) >= 11 is 0. The van der Waals surface area contributed by atoms with Gasteiger partial charge in [0.05, 0.1) is 5.69 Å². The molecule has 1 aliphatic rings. The zero-order chi connectivity index (χ0) is 14.3. The van der Waals surface area contributed by atoms with Crippen molar-refractivity contribution in [2.75, 3.05) is 31.1 Å². The Labute approximate surface area is 120 Å². The molecular formula is C16H23N3O. The number of oxazole rings is 1. The Morgan fingerprint density at radius 3 is 2.55 bits per heavy atom. The van der Waals surface area contributed by atoms with Crippen LogP contribution in [0.4, 0.5) is 5.69 Å². The lowest BCUT2D eigenvalue weighted by Crippen LogP contribution is -2.43. The molecule has 0 atom stereocenters. The van der Waals surface area contributed by atoms with Gasteiger partial charge < -0.3 is 14.6 Å². The quantitative estimate of drug-likeness (QED) is 0.867. The van der Waals surface area contributed by atoms with Gasteiger partial charge >= 0.3 is 0 Å². The van der Waals surface area contributed by atoms with Crippen LogP contribution in [0.25, 0.3) is 11.1 Å². The second-order valence-corrected chi connectivity index (χ2v) is 6.56. The summed E-state index contributed by atoms with van der Waals surface area (Å²) in [5.41, 5.74) is 4.52. The van der Waals surface area contributed by atoms with Crippen LogP contribution in [0.5, 0.6) is 0 Å². The topological polar surface area (TPSA) is 41.3 Å². The van der Waals surface area contributed by atoms with E-state index in [1.54, 1.807) is 0 Å². The Balaban J connectivity index is 2.16. The predicted octanol–water partition coefficient (Wildman–Crippen LogP) is 2.84. The number of aryl methyl sites for hydroxylation is 1. The van der Waals surface area contributed by atoms with E-state index in [-0.39, 0.29) is 5.41 Å². The molecule has 1 N–H and O–H groups in total. The van der Waals surface area contributed by atoms with Crippen LogP contribution in [0.3, 0.4) is 0 Å². The van der Waals surface area contributed by atoms with Gasteiger partial charge in [-0.2, -0.15) is 0 Å². The second-order valence-electron chi connectivity index (χ2n) is 6.56. The number of hydrogen-bond donors (Lipinski definition) is 1. The van der Waals surface area contributed by atoms with Gasteiger partial charge in [0.25, 0.3) is 0 Å².